The third kappa shape index (κ3) is 5.99. The number of hydrogen-bond acceptors (Lipinski definition) is 7. The molecule has 0 radical (unpaired) electrons. The number of piperazine rings is 1. The molecule has 8 nitrogen and oxygen atoms in total. The lowest BCUT2D eigenvalue weighted by atomic mass is 9.95. The molecule has 1 aromatic carbocycles. The van der Waals surface area contributed by atoms with Gasteiger partial charge >= 0.3 is 5.97 Å². The van der Waals surface area contributed by atoms with Crippen molar-refractivity contribution in [1.82, 2.24) is 9.80 Å². The van der Waals surface area contributed by atoms with Gasteiger partial charge in [-0.05, 0) is 55.5 Å². The van der Waals surface area contributed by atoms with E-state index in [0.717, 1.165) is 36.1 Å². The quantitative estimate of drug-likeness (QED) is 0.583. The Kier molecular flexibility index (Phi) is 7.91. The Labute approximate surface area is 202 Å². The van der Waals surface area contributed by atoms with Crippen LogP contribution >= 0.6 is 11.3 Å². The molecule has 0 saturated carbocycles. The lowest BCUT2D eigenvalue weighted by Gasteiger charge is -2.33. The standard InChI is InChI=1S/C24H29FN4O4S/c1-33-24(32)22-18-4-2-3-5-19(18)34-23(22)27-21(31)15-29-12-10-28(11-13-29)14-20(30)26-17-8-6-16(25)7-9-17/h6-9H,2-5,10-15H2,1H3,(H,26,30)(H,27,31). The van der Waals surface area contributed by atoms with Crippen LogP contribution in [0.5, 0.6) is 0 Å². The zero-order chi connectivity index (χ0) is 24.1. The number of nitrogens with zero attached hydrogens (tertiary/aromatic N) is 2. The molecule has 1 aliphatic carbocycles. The minimum absolute atomic E-state index is 0.158. The molecule has 34 heavy (non-hydrogen) atoms. The predicted octanol–water partition coefficient (Wildman–Crippen LogP) is 2.75. The van der Waals surface area contributed by atoms with Crippen molar-refractivity contribution >= 4 is 39.8 Å². The fourth-order valence-electron chi connectivity index (χ4n) is 4.38. The number of esters is 1. The average molecular weight is 489 g/mol. The van der Waals surface area contributed by atoms with Crippen molar-refractivity contribution in [3.63, 3.8) is 0 Å². The summed E-state index contributed by atoms with van der Waals surface area (Å²) in [5.74, 6) is -1.07. The van der Waals surface area contributed by atoms with Gasteiger partial charge in [0.05, 0.1) is 25.8 Å². The highest BCUT2D eigenvalue weighted by Gasteiger charge is 2.28. The van der Waals surface area contributed by atoms with Crippen LogP contribution in [-0.4, -0.2) is 74.0 Å². The van der Waals surface area contributed by atoms with E-state index in [1.54, 1.807) is 0 Å². The summed E-state index contributed by atoms with van der Waals surface area (Å²) in [5, 5.41) is 6.29. The summed E-state index contributed by atoms with van der Waals surface area (Å²) in [4.78, 5) is 42.6. The van der Waals surface area contributed by atoms with Crippen LogP contribution < -0.4 is 10.6 Å². The molecule has 2 aliphatic rings. The van der Waals surface area contributed by atoms with Crippen LogP contribution in [0.2, 0.25) is 0 Å². The van der Waals surface area contributed by atoms with Crippen molar-refractivity contribution in [3.05, 3.63) is 46.1 Å². The van der Waals surface area contributed by atoms with E-state index in [4.69, 9.17) is 4.74 Å². The molecule has 0 spiro atoms. The van der Waals surface area contributed by atoms with Crippen LogP contribution in [0.4, 0.5) is 15.1 Å². The van der Waals surface area contributed by atoms with E-state index in [0.29, 0.717) is 42.4 Å². The minimum Gasteiger partial charge on any atom is -0.465 e. The van der Waals surface area contributed by atoms with Crippen molar-refractivity contribution in [1.29, 1.82) is 0 Å². The van der Waals surface area contributed by atoms with E-state index in [-0.39, 0.29) is 30.7 Å². The monoisotopic (exact) mass is 488 g/mol. The maximum absolute atomic E-state index is 13.0. The van der Waals surface area contributed by atoms with E-state index in [1.165, 1.54) is 42.7 Å². The molecule has 182 valence electrons. The average Bonchev–Trinajstić information content (AvgIpc) is 3.19. The van der Waals surface area contributed by atoms with E-state index in [2.05, 4.69) is 10.6 Å². The number of carbonyl (C=O) groups is 3. The zero-order valence-corrected chi connectivity index (χ0v) is 20.0. The summed E-state index contributed by atoms with van der Waals surface area (Å²) in [6, 6.07) is 5.66. The first-order valence-corrected chi connectivity index (χ1v) is 12.3. The van der Waals surface area contributed by atoms with E-state index >= 15 is 0 Å². The molecule has 1 fully saturated rings. The second-order valence-electron chi connectivity index (χ2n) is 8.56. The fourth-order valence-corrected chi connectivity index (χ4v) is 5.68. The number of anilines is 2. The number of aryl methyl sites for hydroxylation is 1. The highest BCUT2D eigenvalue weighted by Crippen LogP contribution is 2.38. The number of ether oxygens (including phenoxy) is 1. The number of methoxy groups -OCH3 is 1. The topological polar surface area (TPSA) is 91.0 Å². The van der Waals surface area contributed by atoms with Crippen molar-refractivity contribution in [2.75, 3.05) is 57.0 Å². The lowest BCUT2D eigenvalue weighted by Crippen LogP contribution is -2.50. The van der Waals surface area contributed by atoms with E-state index in [1.807, 2.05) is 9.80 Å². The smallest absolute Gasteiger partial charge is 0.341 e. The molecule has 0 atom stereocenters. The number of benzene rings is 1. The summed E-state index contributed by atoms with van der Waals surface area (Å²) in [6.45, 7) is 3.08. The maximum Gasteiger partial charge on any atom is 0.341 e. The molecular weight excluding hydrogens is 459 g/mol. The van der Waals surface area contributed by atoms with Crippen LogP contribution in [0, 0.1) is 5.82 Å². The predicted molar refractivity (Wildman–Crippen MR) is 129 cm³/mol. The highest BCUT2D eigenvalue weighted by atomic mass is 32.1. The lowest BCUT2D eigenvalue weighted by molar-refractivity contribution is -0.120. The summed E-state index contributed by atoms with van der Waals surface area (Å²) < 4.78 is 18.0. The summed E-state index contributed by atoms with van der Waals surface area (Å²) in [6.07, 6.45) is 3.89. The van der Waals surface area contributed by atoms with Gasteiger partial charge in [0.1, 0.15) is 10.8 Å². The third-order valence-electron chi connectivity index (χ3n) is 6.14. The van der Waals surface area contributed by atoms with Crippen LogP contribution in [0.25, 0.3) is 0 Å². The molecule has 0 unspecified atom stereocenters. The SMILES string of the molecule is COC(=O)c1c(NC(=O)CN2CCN(CC(=O)Nc3ccc(F)cc3)CC2)sc2c1CCCC2. The maximum atomic E-state index is 13.0. The second-order valence-corrected chi connectivity index (χ2v) is 9.67. The first kappa shape index (κ1) is 24.3. The summed E-state index contributed by atoms with van der Waals surface area (Å²) in [5.41, 5.74) is 2.08. The largest absolute Gasteiger partial charge is 0.465 e. The van der Waals surface area contributed by atoms with Gasteiger partial charge in [0, 0.05) is 36.7 Å². The highest BCUT2D eigenvalue weighted by molar-refractivity contribution is 7.17. The van der Waals surface area contributed by atoms with Crippen LogP contribution in [0.1, 0.15) is 33.6 Å². The Morgan fingerprint density at radius 2 is 1.53 bits per heavy atom. The third-order valence-corrected chi connectivity index (χ3v) is 7.35. The number of rotatable bonds is 7. The number of fused-ring (bicyclic) bond motifs is 1. The van der Waals surface area contributed by atoms with Gasteiger partial charge in [0.15, 0.2) is 0 Å². The van der Waals surface area contributed by atoms with Gasteiger partial charge in [-0.15, -0.1) is 11.3 Å². The van der Waals surface area contributed by atoms with Crippen molar-refractivity contribution in [2.45, 2.75) is 25.7 Å². The van der Waals surface area contributed by atoms with E-state index < -0.39 is 5.97 Å². The first-order chi connectivity index (χ1) is 16.4. The number of amides is 2. The molecule has 1 saturated heterocycles. The van der Waals surface area contributed by atoms with Gasteiger partial charge < -0.3 is 15.4 Å². The Bertz CT molecular complexity index is 1050. The molecule has 0 bridgehead atoms. The molecule has 2 amide bonds. The molecule has 2 heterocycles. The number of carbonyl (C=O) groups excluding carboxylic acids is 3. The van der Waals surface area contributed by atoms with E-state index in [9.17, 15) is 18.8 Å². The molecule has 2 aromatic rings. The van der Waals surface area contributed by atoms with Gasteiger partial charge in [-0.3, -0.25) is 19.4 Å². The van der Waals surface area contributed by atoms with Gasteiger partial charge in [-0.25, -0.2) is 9.18 Å². The second kappa shape index (κ2) is 11.1. The molecule has 10 heteroatoms. The van der Waals surface area contributed by atoms with Crippen LogP contribution in [0.15, 0.2) is 24.3 Å². The number of halogens is 1. The Morgan fingerprint density at radius 1 is 0.941 bits per heavy atom. The molecular formula is C24H29FN4O4S. The first-order valence-electron chi connectivity index (χ1n) is 11.5. The fraction of sp³-hybridized carbons (Fsp3) is 0.458. The zero-order valence-electron chi connectivity index (χ0n) is 19.2. The molecule has 2 N–H and O–H groups in total. The van der Waals surface area contributed by atoms with Crippen molar-refractivity contribution < 1.29 is 23.5 Å². The van der Waals surface area contributed by atoms with Gasteiger partial charge in [-0.1, -0.05) is 0 Å². The molecule has 4 rings (SSSR count). The molecule has 1 aliphatic heterocycles. The Hall–Kier alpha value is -2.82. The number of nitrogens with one attached hydrogen (secondary N) is 2. The summed E-state index contributed by atoms with van der Waals surface area (Å²) in [7, 11) is 1.36. The Balaban J connectivity index is 1.26. The minimum atomic E-state index is -0.401. The number of hydrogen-bond donors (Lipinski definition) is 2. The normalized spacial score (nSPS) is 16.5. The van der Waals surface area contributed by atoms with Crippen LogP contribution in [-0.2, 0) is 27.2 Å². The van der Waals surface area contributed by atoms with Gasteiger partial charge in [0.2, 0.25) is 11.8 Å². The van der Waals surface area contributed by atoms with Crippen molar-refractivity contribution in [2.24, 2.45) is 0 Å². The van der Waals surface area contributed by atoms with Crippen molar-refractivity contribution in [3.8, 4) is 0 Å². The van der Waals surface area contributed by atoms with Gasteiger partial charge in [-0.2, -0.15) is 0 Å². The van der Waals surface area contributed by atoms with Crippen LogP contribution in [0.3, 0.4) is 0 Å². The van der Waals surface area contributed by atoms with Gasteiger partial charge in [0.25, 0.3) is 0 Å². The Morgan fingerprint density at radius 3 is 2.15 bits per heavy atom. The number of thiophene rings is 1. The summed E-state index contributed by atoms with van der Waals surface area (Å²) >= 11 is 1.48. The molecule has 1 aromatic heterocycles.